The Bertz CT molecular complexity index is 238. The molecule has 1 heterocycles. The summed E-state index contributed by atoms with van der Waals surface area (Å²) in [5.41, 5.74) is 0.233. The summed E-state index contributed by atoms with van der Waals surface area (Å²) in [4.78, 5) is 2.56. The lowest BCUT2D eigenvalue weighted by Gasteiger charge is -2.46. The average molecular weight is 258 g/mol. The van der Waals surface area contributed by atoms with Gasteiger partial charge in [0.2, 0.25) is 0 Å². The second kappa shape index (κ2) is 7.43. The molecule has 0 bridgehead atoms. The number of ether oxygens (including phenoxy) is 2. The van der Waals surface area contributed by atoms with Crippen LogP contribution in [0.25, 0.3) is 0 Å². The van der Waals surface area contributed by atoms with Crippen molar-refractivity contribution in [3.63, 3.8) is 0 Å². The molecule has 3 unspecified atom stereocenters. The molecule has 0 saturated carbocycles. The maximum absolute atomic E-state index is 5.50. The fraction of sp³-hybridized carbons (Fsp3) is 1.00. The van der Waals surface area contributed by atoms with Crippen molar-refractivity contribution in [2.45, 2.75) is 51.3 Å². The highest BCUT2D eigenvalue weighted by Crippen LogP contribution is 2.20. The van der Waals surface area contributed by atoms with Crippen LogP contribution in [0.2, 0.25) is 0 Å². The standard InChI is InChI=1S/C14H30N2O2/c1-6-12-8-15-14(3,7-2)11-16(12)9-13(18-5)10-17-4/h12-13,15H,6-11H2,1-5H3. The molecule has 1 rings (SSSR count). The van der Waals surface area contributed by atoms with Crippen LogP contribution < -0.4 is 5.32 Å². The first-order chi connectivity index (χ1) is 8.58. The number of nitrogens with one attached hydrogen (secondary N) is 1. The highest BCUT2D eigenvalue weighted by Gasteiger charge is 2.34. The number of rotatable bonds is 7. The van der Waals surface area contributed by atoms with Gasteiger partial charge in [0.25, 0.3) is 0 Å². The van der Waals surface area contributed by atoms with Crippen molar-refractivity contribution in [2.24, 2.45) is 0 Å². The minimum absolute atomic E-state index is 0.170. The second-order valence-electron chi connectivity index (χ2n) is 5.60. The highest BCUT2D eigenvalue weighted by molar-refractivity contribution is 4.94. The lowest BCUT2D eigenvalue weighted by atomic mass is 9.92. The molecular formula is C14H30N2O2. The summed E-state index contributed by atoms with van der Waals surface area (Å²) >= 11 is 0. The summed E-state index contributed by atoms with van der Waals surface area (Å²) in [7, 11) is 3.50. The van der Waals surface area contributed by atoms with E-state index in [1.807, 2.05) is 0 Å². The fourth-order valence-corrected chi connectivity index (χ4v) is 2.62. The summed E-state index contributed by atoms with van der Waals surface area (Å²) in [5, 5.41) is 3.69. The van der Waals surface area contributed by atoms with E-state index in [9.17, 15) is 0 Å². The largest absolute Gasteiger partial charge is 0.382 e. The van der Waals surface area contributed by atoms with E-state index in [0.717, 1.165) is 26.1 Å². The molecule has 1 aliphatic heterocycles. The molecule has 1 fully saturated rings. The lowest BCUT2D eigenvalue weighted by Crippen LogP contribution is -2.63. The smallest absolute Gasteiger partial charge is 0.0931 e. The van der Waals surface area contributed by atoms with Crippen LogP contribution in [-0.4, -0.2) is 63.0 Å². The van der Waals surface area contributed by atoms with Crippen LogP contribution in [0.15, 0.2) is 0 Å². The lowest BCUT2D eigenvalue weighted by molar-refractivity contribution is -0.0196. The van der Waals surface area contributed by atoms with E-state index >= 15 is 0 Å². The summed E-state index contributed by atoms with van der Waals surface area (Å²) in [6.07, 6.45) is 2.50. The van der Waals surface area contributed by atoms with Crippen LogP contribution in [0.3, 0.4) is 0 Å². The second-order valence-corrected chi connectivity index (χ2v) is 5.60. The molecule has 1 saturated heterocycles. The van der Waals surface area contributed by atoms with Crippen molar-refractivity contribution in [3.8, 4) is 0 Å². The van der Waals surface area contributed by atoms with E-state index in [4.69, 9.17) is 9.47 Å². The summed E-state index contributed by atoms with van der Waals surface area (Å²) in [6, 6.07) is 0.610. The van der Waals surface area contributed by atoms with Crippen LogP contribution in [0, 0.1) is 0 Å². The molecule has 1 N–H and O–H groups in total. The molecule has 18 heavy (non-hydrogen) atoms. The Morgan fingerprint density at radius 1 is 1.39 bits per heavy atom. The van der Waals surface area contributed by atoms with Gasteiger partial charge in [-0.2, -0.15) is 0 Å². The number of nitrogens with zero attached hydrogens (tertiary/aromatic N) is 1. The number of hydrogen-bond donors (Lipinski definition) is 1. The first-order valence-electron chi connectivity index (χ1n) is 7.09. The molecule has 0 aromatic heterocycles. The minimum Gasteiger partial charge on any atom is -0.382 e. The molecule has 4 nitrogen and oxygen atoms in total. The summed E-state index contributed by atoms with van der Waals surface area (Å²) in [6.45, 7) is 10.6. The van der Waals surface area contributed by atoms with E-state index in [-0.39, 0.29) is 11.6 Å². The molecule has 1 aliphatic rings. The number of piperazine rings is 1. The van der Waals surface area contributed by atoms with Crippen molar-refractivity contribution in [2.75, 3.05) is 40.5 Å². The van der Waals surface area contributed by atoms with Gasteiger partial charge in [-0.15, -0.1) is 0 Å². The molecule has 4 heteroatoms. The van der Waals surface area contributed by atoms with E-state index < -0.39 is 0 Å². The fourth-order valence-electron chi connectivity index (χ4n) is 2.62. The van der Waals surface area contributed by atoms with Crippen molar-refractivity contribution >= 4 is 0 Å². The Morgan fingerprint density at radius 2 is 2.11 bits per heavy atom. The van der Waals surface area contributed by atoms with E-state index in [1.54, 1.807) is 14.2 Å². The summed E-state index contributed by atoms with van der Waals surface area (Å²) < 4.78 is 10.7. The maximum atomic E-state index is 5.50. The van der Waals surface area contributed by atoms with Crippen LogP contribution in [-0.2, 0) is 9.47 Å². The minimum atomic E-state index is 0.170. The highest BCUT2D eigenvalue weighted by atomic mass is 16.5. The Labute approximate surface area is 112 Å². The predicted octanol–water partition coefficient (Wildman–Crippen LogP) is 1.50. The zero-order chi connectivity index (χ0) is 13.6. The van der Waals surface area contributed by atoms with Gasteiger partial charge in [0.15, 0.2) is 0 Å². The van der Waals surface area contributed by atoms with Gasteiger partial charge in [-0.1, -0.05) is 13.8 Å². The van der Waals surface area contributed by atoms with E-state index in [0.29, 0.717) is 12.6 Å². The van der Waals surface area contributed by atoms with Crippen LogP contribution in [0.1, 0.15) is 33.6 Å². The molecule has 0 aromatic rings. The Morgan fingerprint density at radius 3 is 2.61 bits per heavy atom. The van der Waals surface area contributed by atoms with Crippen molar-refractivity contribution in [1.82, 2.24) is 10.2 Å². The van der Waals surface area contributed by atoms with Gasteiger partial charge in [0, 0.05) is 45.4 Å². The molecule has 0 aromatic carbocycles. The van der Waals surface area contributed by atoms with Crippen LogP contribution in [0.5, 0.6) is 0 Å². The van der Waals surface area contributed by atoms with Crippen molar-refractivity contribution < 1.29 is 9.47 Å². The zero-order valence-electron chi connectivity index (χ0n) is 12.7. The average Bonchev–Trinajstić information content (AvgIpc) is 2.38. The van der Waals surface area contributed by atoms with Gasteiger partial charge in [-0.3, -0.25) is 4.90 Å². The SMILES string of the molecule is CCC1CNC(C)(CC)CN1CC(COC)OC. The van der Waals surface area contributed by atoms with Gasteiger partial charge >= 0.3 is 0 Å². The molecule has 0 aliphatic carbocycles. The normalized spacial score (nSPS) is 31.5. The Balaban J connectivity index is 2.62. The number of hydrogen-bond acceptors (Lipinski definition) is 4. The van der Waals surface area contributed by atoms with E-state index in [2.05, 4.69) is 31.0 Å². The monoisotopic (exact) mass is 258 g/mol. The third-order valence-electron chi connectivity index (χ3n) is 4.21. The summed E-state index contributed by atoms with van der Waals surface area (Å²) in [5.74, 6) is 0. The molecule has 0 radical (unpaired) electrons. The maximum Gasteiger partial charge on any atom is 0.0931 e. The third-order valence-corrected chi connectivity index (χ3v) is 4.21. The molecule has 3 atom stereocenters. The Kier molecular flexibility index (Phi) is 6.57. The topological polar surface area (TPSA) is 33.7 Å². The van der Waals surface area contributed by atoms with E-state index in [1.165, 1.54) is 6.42 Å². The van der Waals surface area contributed by atoms with Gasteiger partial charge in [-0.05, 0) is 19.8 Å². The van der Waals surface area contributed by atoms with Crippen LogP contribution >= 0.6 is 0 Å². The quantitative estimate of drug-likeness (QED) is 0.750. The molecular weight excluding hydrogens is 228 g/mol. The molecule has 0 spiro atoms. The molecule has 108 valence electrons. The van der Waals surface area contributed by atoms with Crippen molar-refractivity contribution in [1.29, 1.82) is 0 Å². The number of methoxy groups -OCH3 is 2. The van der Waals surface area contributed by atoms with Gasteiger partial charge in [0.05, 0.1) is 12.7 Å². The van der Waals surface area contributed by atoms with Crippen molar-refractivity contribution in [3.05, 3.63) is 0 Å². The Hall–Kier alpha value is -0.160. The first kappa shape index (κ1) is 15.9. The third kappa shape index (κ3) is 4.19. The first-order valence-corrected chi connectivity index (χ1v) is 7.09. The zero-order valence-corrected chi connectivity index (χ0v) is 12.7. The van der Waals surface area contributed by atoms with Gasteiger partial charge in [-0.25, -0.2) is 0 Å². The van der Waals surface area contributed by atoms with Crippen LogP contribution in [0.4, 0.5) is 0 Å². The van der Waals surface area contributed by atoms with Gasteiger partial charge in [0.1, 0.15) is 0 Å². The predicted molar refractivity (Wildman–Crippen MR) is 75.0 cm³/mol. The van der Waals surface area contributed by atoms with Gasteiger partial charge < -0.3 is 14.8 Å². The molecule has 0 amide bonds.